The molecule has 2 aromatic rings. The number of hydrogen-bond acceptors (Lipinski definition) is 2. The van der Waals surface area contributed by atoms with Gasteiger partial charge in [-0.1, -0.05) is 0 Å². The third-order valence-corrected chi connectivity index (χ3v) is 5.41. The first-order chi connectivity index (χ1) is 13.9. The van der Waals surface area contributed by atoms with Crippen LogP contribution in [0.5, 0.6) is 0 Å². The number of urea groups is 1. The van der Waals surface area contributed by atoms with E-state index in [9.17, 15) is 35.5 Å². The van der Waals surface area contributed by atoms with E-state index in [1.54, 1.807) is 6.07 Å². The van der Waals surface area contributed by atoms with E-state index in [-0.39, 0.29) is 12.5 Å². The third kappa shape index (κ3) is 3.56. The van der Waals surface area contributed by atoms with Crippen molar-refractivity contribution in [2.75, 3.05) is 5.32 Å². The van der Waals surface area contributed by atoms with Gasteiger partial charge in [-0.25, -0.2) is 9.78 Å². The summed E-state index contributed by atoms with van der Waals surface area (Å²) in [6.07, 6.45) is -7.57. The molecule has 30 heavy (non-hydrogen) atoms. The summed E-state index contributed by atoms with van der Waals surface area (Å²) in [5, 5.41) is 2.16. The van der Waals surface area contributed by atoms with E-state index >= 15 is 0 Å². The summed E-state index contributed by atoms with van der Waals surface area (Å²) >= 11 is 0. The van der Waals surface area contributed by atoms with Gasteiger partial charge in [0.2, 0.25) is 5.95 Å². The van der Waals surface area contributed by atoms with Gasteiger partial charge in [-0.15, -0.1) is 0 Å². The van der Waals surface area contributed by atoms with Gasteiger partial charge >= 0.3 is 18.4 Å². The molecule has 11 heteroatoms. The van der Waals surface area contributed by atoms with Gasteiger partial charge in [0, 0.05) is 23.5 Å². The Kier molecular flexibility index (Phi) is 4.66. The summed E-state index contributed by atoms with van der Waals surface area (Å²) in [4.78, 5) is 17.7. The van der Waals surface area contributed by atoms with Gasteiger partial charge in [0.1, 0.15) is 0 Å². The molecule has 1 aromatic carbocycles. The second-order valence-electron chi connectivity index (χ2n) is 7.25. The molecule has 2 aliphatic heterocycles. The van der Waals surface area contributed by atoms with Crippen LogP contribution in [-0.4, -0.2) is 22.0 Å². The van der Waals surface area contributed by atoms with Crippen LogP contribution in [0.3, 0.4) is 0 Å². The lowest BCUT2D eigenvalue weighted by Crippen LogP contribution is -2.44. The van der Waals surface area contributed by atoms with Crippen molar-refractivity contribution in [3.05, 3.63) is 58.7 Å². The number of hydrogen-bond donors (Lipinski definition) is 1. The Morgan fingerprint density at radius 2 is 1.67 bits per heavy atom. The molecule has 4 nitrogen and oxygen atoms in total. The molecular formula is C19H14F7N3O. The molecule has 2 aliphatic rings. The van der Waals surface area contributed by atoms with Crippen LogP contribution in [0.25, 0.3) is 0 Å². The fraction of sp³-hybridized carbons (Fsp3) is 0.368. The largest absolute Gasteiger partial charge is 0.416 e. The van der Waals surface area contributed by atoms with Crippen molar-refractivity contribution in [2.24, 2.45) is 0 Å². The predicted molar refractivity (Wildman–Crippen MR) is 91.0 cm³/mol. The Bertz CT molecular complexity index is 970. The Labute approximate surface area is 165 Å². The Morgan fingerprint density at radius 1 is 1.03 bits per heavy atom. The fourth-order valence-corrected chi connectivity index (χ4v) is 4.14. The van der Waals surface area contributed by atoms with Gasteiger partial charge in [-0.2, -0.15) is 30.7 Å². The van der Waals surface area contributed by atoms with Crippen molar-refractivity contribution in [3.63, 3.8) is 0 Å². The molecule has 2 bridgehead atoms. The van der Waals surface area contributed by atoms with Gasteiger partial charge in [-0.3, -0.25) is 0 Å². The summed E-state index contributed by atoms with van der Waals surface area (Å²) in [5.41, 5.74) is -2.73. The number of aromatic nitrogens is 1. The molecule has 1 aromatic heterocycles. The second kappa shape index (κ2) is 6.85. The number of nitrogens with one attached hydrogen (secondary N) is 1. The molecule has 0 aliphatic carbocycles. The van der Waals surface area contributed by atoms with Gasteiger partial charge in [-0.05, 0) is 49.1 Å². The summed E-state index contributed by atoms with van der Waals surface area (Å²) < 4.78 is 92.2. The number of anilines is 1. The maximum absolute atomic E-state index is 14.0. The maximum atomic E-state index is 14.0. The Morgan fingerprint density at radius 3 is 2.27 bits per heavy atom. The number of amides is 2. The quantitative estimate of drug-likeness (QED) is 0.473. The SMILES string of the molecule is O=C(Nc1cc(C(F)(F)F)cc(C(F)(F)F)c1)N1C2CCC1c1ccnc(F)c1C2. The normalized spacial score (nSPS) is 20.8. The van der Waals surface area contributed by atoms with E-state index in [1.165, 1.54) is 11.1 Å². The molecule has 0 saturated carbocycles. The number of benzene rings is 1. The van der Waals surface area contributed by atoms with Crippen molar-refractivity contribution in [1.29, 1.82) is 0 Å². The van der Waals surface area contributed by atoms with Crippen LogP contribution < -0.4 is 5.32 Å². The Balaban J connectivity index is 1.65. The third-order valence-electron chi connectivity index (χ3n) is 5.41. The summed E-state index contributed by atoms with van der Waals surface area (Å²) in [6.45, 7) is 0. The minimum Gasteiger partial charge on any atom is -0.314 e. The van der Waals surface area contributed by atoms with E-state index in [4.69, 9.17) is 0 Å². The topological polar surface area (TPSA) is 45.2 Å². The zero-order chi connectivity index (χ0) is 21.8. The van der Waals surface area contributed by atoms with Gasteiger partial charge in [0.15, 0.2) is 0 Å². The second-order valence-corrected chi connectivity index (χ2v) is 7.25. The van der Waals surface area contributed by atoms with E-state index in [0.717, 1.165) is 0 Å². The standard InChI is InChI=1S/C19H14F7N3O/c20-16-14-8-12-1-2-15(13(14)3-4-27-16)29(12)17(30)28-11-6-9(18(21,22)23)5-10(7-11)19(24,25)26/h3-7,12,15H,1-2,8H2,(H,28,30). The highest BCUT2D eigenvalue weighted by Crippen LogP contribution is 2.44. The van der Waals surface area contributed by atoms with E-state index in [0.29, 0.717) is 36.1 Å². The molecule has 1 saturated heterocycles. The molecule has 2 amide bonds. The maximum Gasteiger partial charge on any atom is 0.416 e. The van der Waals surface area contributed by atoms with Crippen molar-refractivity contribution < 1.29 is 35.5 Å². The first-order valence-corrected chi connectivity index (χ1v) is 8.97. The van der Waals surface area contributed by atoms with Crippen LogP contribution in [0.15, 0.2) is 30.5 Å². The monoisotopic (exact) mass is 433 g/mol. The van der Waals surface area contributed by atoms with Crippen LogP contribution in [0, 0.1) is 5.95 Å². The highest BCUT2D eigenvalue weighted by Gasteiger charge is 2.44. The highest BCUT2D eigenvalue weighted by atomic mass is 19.4. The number of rotatable bonds is 1. The molecular weight excluding hydrogens is 419 g/mol. The van der Waals surface area contributed by atoms with Crippen LogP contribution >= 0.6 is 0 Å². The summed E-state index contributed by atoms with van der Waals surface area (Å²) in [6, 6.07) is 0.687. The van der Waals surface area contributed by atoms with E-state index < -0.39 is 53.2 Å². The molecule has 0 radical (unpaired) electrons. The smallest absolute Gasteiger partial charge is 0.314 e. The molecule has 0 spiro atoms. The number of halogens is 7. The summed E-state index contributed by atoms with van der Waals surface area (Å²) in [5.74, 6) is -0.642. The number of carbonyl (C=O) groups is 1. The van der Waals surface area contributed by atoms with Crippen molar-refractivity contribution in [3.8, 4) is 0 Å². The lowest BCUT2D eigenvalue weighted by Gasteiger charge is -2.36. The van der Waals surface area contributed by atoms with Gasteiger partial charge < -0.3 is 10.2 Å². The highest BCUT2D eigenvalue weighted by molar-refractivity contribution is 5.90. The van der Waals surface area contributed by atoms with Crippen molar-refractivity contribution in [1.82, 2.24) is 9.88 Å². The molecule has 3 heterocycles. The number of carbonyl (C=O) groups excluding carboxylic acids is 1. The first-order valence-electron chi connectivity index (χ1n) is 8.97. The van der Waals surface area contributed by atoms with Crippen LogP contribution in [-0.2, 0) is 18.8 Å². The Hall–Kier alpha value is -2.85. The molecule has 160 valence electrons. The van der Waals surface area contributed by atoms with Crippen molar-refractivity contribution in [2.45, 2.75) is 43.7 Å². The lowest BCUT2D eigenvalue weighted by atomic mass is 9.95. The molecule has 1 fully saturated rings. The number of alkyl halides is 6. The minimum absolute atomic E-state index is 0.00767. The molecule has 2 atom stereocenters. The van der Waals surface area contributed by atoms with E-state index in [2.05, 4.69) is 10.3 Å². The average molecular weight is 433 g/mol. The lowest BCUT2D eigenvalue weighted by molar-refractivity contribution is -0.143. The zero-order valence-corrected chi connectivity index (χ0v) is 15.1. The van der Waals surface area contributed by atoms with Crippen LogP contribution in [0.4, 0.5) is 41.2 Å². The number of nitrogens with zero attached hydrogens (tertiary/aromatic N) is 2. The zero-order valence-electron chi connectivity index (χ0n) is 15.1. The minimum atomic E-state index is -5.02. The van der Waals surface area contributed by atoms with Gasteiger partial charge in [0.25, 0.3) is 0 Å². The van der Waals surface area contributed by atoms with Crippen LogP contribution in [0.2, 0.25) is 0 Å². The number of fused-ring (bicyclic) bond motifs is 4. The van der Waals surface area contributed by atoms with Crippen molar-refractivity contribution >= 4 is 11.7 Å². The molecule has 2 unspecified atom stereocenters. The molecule has 4 rings (SSSR count). The number of pyridine rings is 1. The van der Waals surface area contributed by atoms with Crippen LogP contribution in [0.1, 0.15) is 41.1 Å². The summed E-state index contributed by atoms with van der Waals surface area (Å²) in [7, 11) is 0. The van der Waals surface area contributed by atoms with Gasteiger partial charge in [0.05, 0.1) is 17.2 Å². The predicted octanol–water partition coefficient (Wildman–Crippen LogP) is 5.55. The average Bonchev–Trinajstić information content (AvgIpc) is 2.96. The first kappa shape index (κ1) is 20.4. The molecule has 1 N–H and O–H groups in total. The fourth-order valence-electron chi connectivity index (χ4n) is 4.14. The van der Waals surface area contributed by atoms with E-state index in [1.807, 2.05) is 0 Å².